The highest BCUT2D eigenvalue weighted by Crippen LogP contribution is 2.58. The van der Waals surface area contributed by atoms with Crippen LogP contribution < -0.4 is 5.90 Å². The number of rotatable bonds is 2. The standard InChI is InChI=1S/C15H21N3O2/c1-9-13(8-20-16)14(19)18(17-9)15-5-10-2-11(6-15)4-12(3-10)7-15/h8,10-12H,2-7,16H2,1H3/b13-8+. The lowest BCUT2D eigenvalue weighted by molar-refractivity contribution is -0.144. The Balaban J connectivity index is 1.68. The fraction of sp³-hybridized carbons (Fsp3) is 0.733. The number of amides is 1. The average molecular weight is 275 g/mol. The predicted octanol–water partition coefficient (Wildman–Crippen LogP) is 1.95. The summed E-state index contributed by atoms with van der Waals surface area (Å²) in [5.74, 6) is 7.43. The summed E-state index contributed by atoms with van der Waals surface area (Å²) in [6.45, 7) is 1.85. The van der Waals surface area contributed by atoms with Gasteiger partial charge in [-0.2, -0.15) is 11.0 Å². The summed E-state index contributed by atoms with van der Waals surface area (Å²) in [6, 6.07) is 0. The Morgan fingerprint density at radius 3 is 2.30 bits per heavy atom. The van der Waals surface area contributed by atoms with Gasteiger partial charge >= 0.3 is 0 Å². The molecule has 4 fully saturated rings. The molecule has 1 amide bonds. The van der Waals surface area contributed by atoms with Crippen LogP contribution in [0, 0.1) is 17.8 Å². The molecule has 5 aliphatic rings. The molecule has 1 aliphatic heterocycles. The van der Waals surface area contributed by atoms with Gasteiger partial charge < -0.3 is 4.84 Å². The van der Waals surface area contributed by atoms with E-state index in [1.807, 2.05) is 6.92 Å². The quantitative estimate of drug-likeness (QED) is 0.476. The highest BCUT2D eigenvalue weighted by Gasteiger charge is 2.56. The summed E-state index contributed by atoms with van der Waals surface area (Å²) in [5.41, 5.74) is 1.19. The zero-order chi connectivity index (χ0) is 13.9. The van der Waals surface area contributed by atoms with Crippen molar-refractivity contribution in [2.75, 3.05) is 0 Å². The van der Waals surface area contributed by atoms with Crippen LogP contribution in [-0.2, 0) is 9.63 Å². The smallest absolute Gasteiger partial charge is 0.279 e. The van der Waals surface area contributed by atoms with E-state index < -0.39 is 0 Å². The summed E-state index contributed by atoms with van der Waals surface area (Å²) < 4.78 is 0. The van der Waals surface area contributed by atoms with E-state index in [1.54, 1.807) is 5.01 Å². The Labute approximate surface area is 118 Å². The molecule has 0 radical (unpaired) electrons. The number of carbonyl (C=O) groups is 1. The fourth-order valence-corrected chi connectivity index (χ4v) is 5.37. The first-order valence-corrected chi connectivity index (χ1v) is 7.57. The average Bonchev–Trinajstić information content (AvgIpc) is 2.66. The Kier molecular flexibility index (Phi) is 2.52. The first-order chi connectivity index (χ1) is 9.61. The van der Waals surface area contributed by atoms with Crippen molar-refractivity contribution < 1.29 is 9.63 Å². The van der Waals surface area contributed by atoms with E-state index in [0.717, 1.165) is 42.7 Å². The van der Waals surface area contributed by atoms with Crippen LogP contribution in [0.5, 0.6) is 0 Å². The third-order valence-electron chi connectivity index (χ3n) is 5.70. The summed E-state index contributed by atoms with van der Waals surface area (Å²) in [6.07, 6.45) is 8.77. The largest absolute Gasteiger partial charge is 0.418 e. The normalized spacial score (nSPS) is 44.4. The lowest BCUT2D eigenvalue weighted by Gasteiger charge is -2.58. The molecular formula is C15H21N3O2. The van der Waals surface area contributed by atoms with Crippen molar-refractivity contribution in [1.29, 1.82) is 0 Å². The number of nitrogens with zero attached hydrogens (tertiary/aromatic N) is 2. The van der Waals surface area contributed by atoms with Gasteiger partial charge in [0.05, 0.1) is 11.3 Å². The summed E-state index contributed by atoms with van der Waals surface area (Å²) >= 11 is 0. The number of hydrogen-bond acceptors (Lipinski definition) is 4. The van der Waals surface area contributed by atoms with Gasteiger partial charge in [-0.15, -0.1) is 0 Å². The Bertz CT molecular complexity index is 488. The first kappa shape index (κ1) is 12.4. The van der Waals surface area contributed by atoms with Crippen LogP contribution >= 0.6 is 0 Å². The molecule has 108 valence electrons. The van der Waals surface area contributed by atoms with Crippen molar-refractivity contribution in [2.24, 2.45) is 28.8 Å². The Hall–Kier alpha value is -1.36. The van der Waals surface area contributed by atoms with E-state index in [9.17, 15) is 4.79 Å². The van der Waals surface area contributed by atoms with E-state index in [0.29, 0.717) is 5.57 Å². The zero-order valence-electron chi connectivity index (χ0n) is 11.8. The molecule has 0 spiro atoms. The number of hydrogen-bond donors (Lipinski definition) is 1. The van der Waals surface area contributed by atoms with E-state index in [1.165, 1.54) is 25.5 Å². The van der Waals surface area contributed by atoms with Crippen LogP contribution in [0.1, 0.15) is 45.4 Å². The van der Waals surface area contributed by atoms with E-state index in [-0.39, 0.29) is 11.4 Å². The maximum absolute atomic E-state index is 12.6. The molecule has 5 heteroatoms. The SMILES string of the molecule is CC1=NN(C23CC4CC(CC(C4)C2)C3)C(=O)/C1=C/ON. The number of nitrogens with two attached hydrogens (primary N) is 1. The second-order valence-corrected chi connectivity index (χ2v) is 7.11. The van der Waals surface area contributed by atoms with Crippen LogP contribution in [0.3, 0.4) is 0 Å². The molecule has 4 bridgehead atoms. The maximum Gasteiger partial charge on any atom is 0.279 e. The van der Waals surface area contributed by atoms with Crippen LogP contribution in [0.25, 0.3) is 0 Å². The van der Waals surface area contributed by atoms with Crippen LogP contribution in [0.4, 0.5) is 0 Å². The second kappa shape index (κ2) is 4.07. The molecule has 5 rings (SSSR count). The van der Waals surface area contributed by atoms with Crippen molar-refractivity contribution in [2.45, 2.75) is 51.0 Å². The lowest BCUT2D eigenvalue weighted by atomic mass is 9.53. The second-order valence-electron chi connectivity index (χ2n) is 7.11. The van der Waals surface area contributed by atoms with Crippen LogP contribution in [0.15, 0.2) is 16.9 Å². The molecule has 5 nitrogen and oxygen atoms in total. The van der Waals surface area contributed by atoms with Gasteiger partial charge in [-0.3, -0.25) is 4.79 Å². The van der Waals surface area contributed by atoms with E-state index in [4.69, 9.17) is 5.90 Å². The van der Waals surface area contributed by atoms with Gasteiger partial charge in [0.25, 0.3) is 5.91 Å². The van der Waals surface area contributed by atoms with Crippen LogP contribution in [0.2, 0.25) is 0 Å². The molecule has 0 atom stereocenters. The Morgan fingerprint density at radius 1 is 1.25 bits per heavy atom. The van der Waals surface area contributed by atoms with E-state index >= 15 is 0 Å². The molecule has 0 saturated heterocycles. The summed E-state index contributed by atoms with van der Waals surface area (Å²) in [5, 5.41) is 6.33. The summed E-state index contributed by atoms with van der Waals surface area (Å²) in [7, 11) is 0. The van der Waals surface area contributed by atoms with Crippen molar-refractivity contribution in [3.63, 3.8) is 0 Å². The summed E-state index contributed by atoms with van der Waals surface area (Å²) in [4.78, 5) is 17.2. The molecule has 4 aliphatic carbocycles. The molecule has 0 aromatic rings. The van der Waals surface area contributed by atoms with Gasteiger partial charge in [0, 0.05) is 0 Å². The third kappa shape index (κ3) is 1.59. The fourth-order valence-electron chi connectivity index (χ4n) is 5.37. The van der Waals surface area contributed by atoms with E-state index in [2.05, 4.69) is 9.94 Å². The van der Waals surface area contributed by atoms with Crippen molar-refractivity contribution in [3.8, 4) is 0 Å². The van der Waals surface area contributed by atoms with Gasteiger partial charge in [0.2, 0.25) is 0 Å². The molecule has 1 heterocycles. The number of carbonyl (C=O) groups excluding carboxylic acids is 1. The first-order valence-electron chi connectivity index (χ1n) is 7.57. The van der Waals surface area contributed by atoms with Gasteiger partial charge in [-0.25, -0.2) is 5.01 Å². The molecule has 0 aromatic heterocycles. The topological polar surface area (TPSA) is 67.9 Å². The minimum Gasteiger partial charge on any atom is -0.418 e. The van der Waals surface area contributed by atoms with Gasteiger partial charge in [-0.05, 0) is 63.2 Å². The number of hydrazone groups is 1. The molecular weight excluding hydrogens is 254 g/mol. The predicted molar refractivity (Wildman–Crippen MR) is 74.2 cm³/mol. The van der Waals surface area contributed by atoms with Crippen LogP contribution in [-0.4, -0.2) is 22.2 Å². The highest BCUT2D eigenvalue weighted by molar-refractivity contribution is 6.23. The van der Waals surface area contributed by atoms with Gasteiger partial charge in [-0.1, -0.05) is 0 Å². The molecule has 4 saturated carbocycles. The van der Waals surface area contributed by atoms with Gasteiger partial charge in [0.1, 0.15) is 11.8 Å². The molecule has 0 unspecified atom stereocenters. The zero-order valence-corrected chi connectivity index (χ0v) is 11.8. The lowest BCUT2D eigenvalue weighted by Crippen LogP contribution is -2.59. The van der Waals surface area contributed by atoms with Crippen molar-refractivity contribution >= 4 is 11.6 Å². The molecule has 2 N–H and O–H groups in total. The Morgan fingerprint density at radius 2 is 1.80 bits per heavy atom. The monoisotopic (exact) mass is 275 g/mol. The van der Waals surface area contributed by atoms with Gasteiger partial charge in [0.15, 0.2) is 0 Å². The minimum absolute atomic E-state index is 0.0305. The minimum atomic E-state index is -0.0325. The third-order valence-corrected chi connectivity index (χ3v) is 5.70. The maximum atomic E-state index is 12.6. The highest BCUT2D eigenvalue weighted by atomic mass is 16.6. The van der Waals surface area contributed by atoms with Crippen molar-refractivity contribution in [1.82, 2.24) is 5.01 Å². The van der Waals surface area contributed by atoms with Crippen molar-refractivity contribution in [3.05, 3.63) is 11.8 Å². The molecule has 0 aromatic carbocycles. The molecule has 20 heavy (non-hydrogen) atoms.